The van der Waals surface area contributed by atoms with Crippen molar-refractivity contribution in [3.8, 4) is 17.1 Å². The van der Waals surface area contributed by atoms with Crippen LogP contribution in [0.1, 0.15) is 38.5 Å². The number of piperazine rings is 1. The molecule has 2 aromatic heterocycles. The first kappa shape index (κ1) is 22.4. The number of pyridine rings is 2. The molecule has 2 unspecified atom stereocenters. The third-order valence-corrected chi connectivity index (χ3v) is 8.67. The summed E-state index contributed by atoms with van der Waals surface area (Å²) < 4.78 is 36.3. The fourth-order valence-electron chi connectivity index (χ4n) is 6.90. The number of aromatic nitrogens is 2. The van der Waals surface area contributed by atoms with Crippen molar-refractivity contribution in [3.05, 3.63) is 48.0 Å². The van der Waals surface area contributed by atoms with E-state index in [0.717, 1.165) is 51.9 Å². The van der Waals surface area contributed by atoms with Crippen LogP contribution in [0.25, 0.3) is 22.2 Å². The third kappa shape index (κ3) is 3.73. The Morgan fingerprint density at radius 3 is 2.47 bits per heavy atom. The molecule has 4 saturated heterocycles. The van der Waals surface area contributed by atoms with Crippen molar-refractivity contribution < 1.29 is 13.5 Å². The Balaban J connectivity index is 1.30. The van der Waals surface area contributed by atoms with E-state index in [4.69, 9.17) is 9.72 Å². The van der Waals surface area contributed by atoms with Gasteiger partial charge in [-0.05, 0) is 69.8 Å². The lowest BCUT2D eigenvalue weighted by Gasteiger charge is -2.35. The van der Waals surface area contributed by atoms with Crippen LogP contribution in [0.3, 0.4) is 0 Å². The van der Waals surface area contributed by atoms with E-state index in [1.165, 1.54) is 25.0 Å². The van der Waals surface area contributed by atoms with Crippen LogP contribution in [-0.2, 0) is 0 Å². The predicted octanol–water partition coefficient (Wildman–Crippen LogP) is 4.52. The maximum Gasteiger partial charge on any atom is 0.217 e. The fourth-order valence-corrected chi connectivity index (χ4v) is 6.90. The molecule has 6 nitrogen and oxygen atoms in total. The quantitative estimate of drug-likeness (QED) is 0.566. The van der Waals surface area contributed by atoms with Crippen LogP contribution < -0.4 is 15.0 Å². The van der Waals surface area contributed by atoms with Crippen LogP contribution in [0, 0.1) is 11.6 Å². The van der Waals surface area contributed by atoms with Crippen LogP contribution in [0.15, 0.2) is 36.4 Å². The number of rotatable bonds is 5. The Kier molecular flexibility index (Phi) is 5.36. The van der Waals surface area contributed by atoms with E-state index >= 15 is 4.39 Å². The smallest absolute Gasteiger partial charge is 0.217 e. The van der Waals surface area contributed by atoms with Gasteiger partial charge in [-0.15, -0.1) is 0 Å². The largest absolute Gasteiger partial charge is 0.476 e. The summed E-state index contributed by atoms with van der Waals surface area (Å²) in [6, 6.07) is 10.3. The minimum atomic E-state index is -0.547. The van der Waals surface area contributed by atoms with E-state index in [2.05, 4.69) is 20.1 Å². The Bertz CT molecular complexity index is 1290. The van der Waals surface area contributed by atoms with Crippen LogP contribution in [0.2, 0.25) is 0 Å². The molecule has 2 bridgehead atoms. The zero-order valence-corrected chi connectivity index (χ0v) is 20.4. The van der Waals surface area contributed by atoms with Crippen LogP contribution in [-0.4, -0.2) is 65.3 Å². The van der Waals surface area contributed by atoms with E-state index in [1.807, 2.05) is 0 Å². The molecule has 4 fully saturated rings. The Morgan fingerprint density at radius 2 is 1.72 bits per heavy atom. The van der Waals surface area contributed by atoms with Crippen molar-refractivity contribution in [2.45, 2.75) is 56.1 Å². The Hall–Kier alpha value is -2.84. The highest BCUT2D eigenvalue weighted by molar-refractivity contribution is 5.92. The monoisotopic (exact) mass is 491 g/mol. The number of nitrogens with zero attached hydrogens (tertiary/aromatic N) is 4. The maximum absolute atomic E-state index is 15.4. The first-order valence-electron chi connectivity index (χ1n) is 13.2. The van der Waals surface area contributed by atoms with Gasteiger partial charge in [0, 0.05) is 42.2 Å². The molecule has 2 atom stereocenters. The van der Waals surface area contributed by atoms with Crippen molar-refractivity contribution in [3.63, 3.8) is 0 Å². The summed E-state index contributed by atoms with van der Waals surface area (Å²) in [6.07, 6.45) is 6.98. The van der Waals surface area contributed by atoms with Crippen LogP contribution >= 0.6 is 0 Å². The highest BCUT2D eigenvalue weighted by Gasteiger charge is 2.45. The maximum atomic E-state index is 15.4. The van der Waals surface area contributed by atoms with E-state index in [9.17, 15) is 4.39 Å². The van der Waals surface area contributed by atoms with Crippen molar-refractivity contribution in [2.24, 2.45) is 0 Å². The number of hydrogen-bond donors (Lipinski definition) is 1. The number of ether oxygens (including phenoxy) is 1. The number of halogens is 2. The second kappa shape index (κ2) is 8.63. The molecule has 8 heteroatoms. The fraction of sp³-hybridized carbons (Fsp3) is 0.500. The van der Waals surface area contributed by atoms with E-state index in [1.54, 1.807) is 24.3 Å². The molecule has 0 spiro atoms. The number of nitrogens with one attached hydrogen (secondary N) is 1. The summed E-state index contributed by atoms with van der Waals surface area (Å²) in [7, 11) is 0. The predicted molar refractivity (Wildman–Crippen MR) is 135 cm³/mol. The average Bonchev–Trinajstić information content (AvgIpc) is 3.56. The molecule has 3 aromatic rings. The standard InChI is InChI=1S/C28H31F2N5O/c29-22-6-2-1-5-20(22)26-23(30)13-21-24(32-26)14-25(36-17-28-9-3-11-35(28)12-4-10-28)33-27(21)34-15-18-7-8-19(16-34)31-18/h1-2,5-6,13-14,18-19,31H,3-4,7-12,15-17H2. The summed E-state index contributed by atoms with van der Waals surface area (Å²) >= 11 is 0. The van der Waals surface area contributed by atoms with Gasteiger partial charge in [0.2, 0.25) is 5.88 Å². The van der Waals surface area contributed by atoms with E-state index in [0.29, 0.717) is 41.3 Å². The van der Waals surface area contributed by atoms with Gasteiger partial charge >= 0.3 is 0 Å². The van der Waals surface area contributed by atoms with Gasteiger partial charge in [0.05, 0.1) is 11.1 Å². The number of fused-ring (bicyclic) bond motifs is 4. The average molecular weight is 492 g/mol. The van der Waals surface area contributed by atoms with Gasteiger partial charge in [0.25, 0.3) is 0 Å². The van der Waals surface area contributed by atoms with E-state index < -0.39 is 11.6 Å². The third-order valence-electron chi connectivity index (χ3n) is 8.67. The SMILES string of the molecule is Fc1ccccc1-c1nc2cc(OCC34CCCN3CCC4)nc(N3CC4CCC(C3)N4)c2cc1F. The molecule has 7 rings (SSSR count). The molecule has 0 saturated carbocycles. The minimum Gasteiger partial charge on any atom is -0.476 e. The first-order valence-corrected chi connectivity index (χ1v) is 13.2. The molecule has 0 amide bonds. The van der Waals surface area contributed by atoms with Gasteiger partial charge in [-0.3, -0.25) is 4.90 Å². The zero-order valence-electron chi connectivity index (χ0n) is 20.4. The molecule has 188 valence electrons. The molecule has 4 aliphatic rings. The van der Waals surface area contributed by atoms with Gasteiger partial charge in [-0.2, -0.15) is 4.98 Å². The molecule has 36 heavy (non-hydrogen) atoms. The molecular weight excluding hydrogens is 460 g/mol. The highest BCUT2D eigenvalue weighted by atomic mass is 19.1. The second-order valence-corrected chi connectivity index (χ2v) is 10.9. The number of benzene rings is 1. The summed E-state index contributed by atoms with van der Waals surface area (Å²) in [5.41, 5.74) is 0.844. The van der Waals surface area contributed by atoms with Gasteiger partial charge in [0.1, 0.15) is 29.8 Å². The molecule has 1 N–H and O–H groups in total. The van der Waals surface area contributed by atoms with E-state index in [-0.39, 0.29) is 16.8 Å². The lowest BCUT2D eigenvalue weighted by atomic mass is 9.95. The minimum absolute atomic E-state index is 0.0143. The topological polar surface area (TPSA) is 53.5 Å². The summed E-state index contributed by atoms with van der Waals surface area (Å²) in [6.45, 7) is 4.50. The van der Waals surface area contributed by atoms with Crippen LogP contribution in [0.5, 0.6) is 5.88 Å². The molecule has 6 heterocycles. The van der Waals surface area contributed by atoms with Crippen LogP contribution in [0.4, 0.5) is 14.6 Å². The molecule has 0 radical (unpaired) electrons. The second-order valence-electron chi connectivity index (χ2n) is 10.9. The first-order chi connectivity index (χ1) is 17.6. The summed E-state index contributed by atoms with van der Waals surface area (Å²) in [4.78, 5) is 14.4. The van der Waals surface area contributed by atoms with Crippen molar-refractivity contribution >= 4 is 16.7 Å². The summed E-state index contributed by atoms with van der Waals surface area (Å²) in [5.74, 6) is 0.179. The van der Waals surface area contributed by atoms with Crippen molar-refractivity contribution in [1.29, 1.82) is 0 Å². The molecule has 1 aromatic carbocycles. The molecule has 4 aliphatic heterocycles. The zero-order chi connectivity index (χ0) is 24.3. The van der Waals surface area contributed by atoms with Gasteiger partial charge in [-0.25, -0.2) is 13.8 Å². The van der Waals surface area contributed by atoms with Gasteiger partial charge in [-0.1, -0.05) is 12.1 Å². The van der Waals surface area contributed by atoms with Crippen molar-refractivity contribution in [2.75, 3.05) is 37.7 Å². The Morgan fingerprint density at radius 1 is 0.972 bits per heavy atom. The highest BCUT2D eigenvalue weighted by Crippen LogP contribution is 2.40. The molecular formula is C28H31F2N5O. The lowest BCUT2D eigenvalue weighted by Crippen LogP contribution is -2.51. The number of hydrogen-bond acceptors (Lipinski definition) is 6. The molecule has 0 aliphatic carbocycles. The summed E-state index contributed by atoms with van der Waals surface area (Å²) in [5, 5.41) is 4.29. The normalized spacial score (nSPS) is 25.0. The van der Waals surface area contributed by atoms with Gasteiger partial charge in [0.15, 0.2) is 0 Å². The lowest BCUT2D eigenvalue weighted by molar-refractivity contribution is 0.111. The Labute approximate surface area is 209 Å². The van der Waals surface area contributed by atoms with Crippen molar-refractivity contribution in [1.82, 2.24) is 20.2 Å². The van der Waals surface area contributed by atoms with Gasteiger partial charge < -0.3 is 15.0 Å². The number of anilines is 1.